The fourth-order valence-corrected chi connectivity index (χ4v) is 6.16. The maximum Gasteiger partial charge on any atom is 0.242 e. The van der Waals surface area contributed by atoms with E-state index < -0.39 is 0 Å². The van der Waals surface area contributed by atoms with Gasteiger partial charge in [0.25, 0.3) is 0 Å². The number of amides is 2. The first-order valence-electron chi connectivity index (χ1n) is 13.3. The van der Waals surface area contributed by atoms with Gasteiger partial charge in [0.15, 0.2) is 0 Å². The van der Waals surface area contributed by atoms with E-state index in [9.17, 15) is 9.59 Å². The summed E-state index contributed by atoms with van der Waals surface area (Å²) in [7, 11) is 0. The lowest BCUT2D eigenvalue weighted by Gasteiger charge is -2.37. The van der Waals surface area contributed by atoms with E-state index in [-0.39, 0.29) is 30.3 Å². The molecule has 36 heavy (non-hydrogen) atoms. The van der Waals surface area contributed by atoms with Crippen molar-refractivity contribution in [1.29, 1.82) is 0 Å². The van der Waals surface area contributed by atoms with Crippen LogP contribution in [-0.2, 0) is 22.7 Å². The first-order chi connectivity index (χ1) is 17.6. The first-order valence-corrected chi connectivity index (χ1v) is 14.1. The van der Waals surface area contributed by atoms with Crippen LogP contribution in [-0.4, -0.2) is 34.2 Å². The Morgan fingerprint density at radius 1 is 0.917 bits per heavy atom. The van der Waals surface area contributed by atoms with Crippen LogP contribution in [0, 0.1) is 6.92 Å². The number of nitrogens with zero attached hydrogens (tertiary/aromatic N) is 2. The van der Waals surface area contributed by atoms with Crippen molar-refractivity contribution < 1.29 is 9.59 Å². The van der Waals surface area contributed by atoms with Gasteiger partial charge in [-0.25, -0.2) is 0 Å². The molecule has 5 heteroatoms. The molecule has 3 aromatic rings. The summed E-state index contributed by atoms with van der Waals surface area (Å²) < 4.78 is 0. The molecule has 190 valence electrons. The minimum Gasteiger partial charge on any atom is -0.332 e. The summed E-state index contributed by atoms with van der Waals surface area (Å²) in [6.07, 6.45) is 6.13. The van der Waals surface area contributed by atoms with E-state index in [0.29, 0.717) is 13.1 Å². The second-order valence-corrected chi connectivity index (χ2v) is 10.9. The minimum atomic E-state index is -0.219. The van der Waals surface area contributed by atoms with Crippen LogP contribution in [0.25, 0.3) is 0 Å². The summed E-state index contributed by atoms with van der Waals surface area (Å²) in [6.45, 7) is 5.42. The normalized spacial score (nSPS) is 14.8. The molecule has 0 bridgehead atoms. The van der Waals surface area contributed by atoms with Gasteiger partial charge in [-0.05, 0) is 54.3 Å². The van der Waals surface area contributed by atoms with Gasteiger partial charge in [-0.15, -0.1) is 11.3 Å². The number of carbonyl (C=O) groups is 2. The topological polar surface area (TPSA) is 40.6 Å². The third-order valence-electron chi connectivity index (χ3n) is 7.38. The second kappa shape index (κ2) is 12.9. The van der Waals surface area contributed by atoms with Crippen molar-refractivity contribution in [2.45, 2.75) is 77.4 Å². The zero-order chi connectivity index (χ0) is 25.3. The van der Waals surface area contributed by atoms with E-state index in [1.54, 1.807) is 11.3 Å². The molecule has 0 saturated heterocycles. The molecule has 1 saturated carbocycles. The maximum atomic E-state index is 14.0. The van der Waals surface area contributed by atoms with E-state index in [1.807, 2.05) is 58.3 Å². The molecule has 4 rings (SSSR count). The van der Waals surface area contributed by atoms with Gasteiger partial charge in [-0.1, -0.05) is 86.8 Å². The quantitative estimate of drug-likeness (QED) is 0.301. The molecule has 1 fully saturated rings. The third kappa shape index (κ3) is 6.64. The van der Waals surface area contributed by atoms with Crippen LogP contribution in [0.15, 0.2) is 72.1 Å². The molecule has 0 spiro atoms. The van der Waals surface area contributed by atoms with Crippen LogP contribution >= 0.6 is 11.3 Å². The zero-order valence-electron chi connectivity index (χ0n) is 21.6. The van der Waals surface area contributed by atoms with Crippen LogP contribution in [0.5, 0.6) is 0 Å². The minimum absolute atomic E-state index is 0.0218. The van der Waals surface area contributed by atoms with Crippen molar-refractivity contribution in [2.24, 2.45) is 0 Å². The lowest BCUT2D eigenvalue weighted by Crippen LogP contribution is -2.49. The molecular weight excluding hydrogens is 464 g/mol. The van der Waals surface area contributed by atoms with Gasteiger partial charge < -0.3 is 9.80 Å². The van der Waals surface area contributed by atoms with Crippen molar-refractivity contribution in [1.82, 2.24) is 9.80 Å². The SMILES string of the molecule is CC[C@H](C(=O)N(CC(=O)N(Cc1ccccc1)Cc1sccc1C)C1CCCCC1)c1ccccc1. The Morgan fingerprint density at radius 2 is 1.58 bits per heavy atom. The maximum absolute atomic E-state index is 14.0. The van der Waals surface area contributed by atoms with E-state index in [1.165, 1.54) is 16.9 Å². The largest absolute Gasteiger partial charge is 0.332 e. The number of benzene rings is 2. The van der Waals surface area contributed by atoms with Crippen molar-refractivity contribution >= 4 is 23.2 Å². The number of thiophene rings is 1. The highest BCUT2D eigenvalue weighted by Crippen LogP contribution is 2.29. The summed E-state index contributed by atoms with van der Waals surface area (Å²) >= 11 is 1.69. The number of rotatable bonds is 10. The van der Waals surface area contributed by atoms with Gasteiger partial charge in [-0.3, -0.25) is 9.59 Å². The average molecular weight is 503 g/mol. The predicted molar refractivity (Wildman–Crippen MR) is 148 cm³/mol. The molecule has 1 heterocycles. The van der Waals surface area contributed by atoms with Gasteiger partial charge in [0.2, 0.25) is 11.8 Å². The molecule has 4 nitrogen and oxygen atoms in total. The molecule has 1 aliphatic rings. The van der Waals surface area contributed by atoms with E-state index >= 15 is 0 Å². The van der Waals surface area contributed by atoms with Crippen molar-refractivity contribution in [3.63, 3.8) is 0 Å². The lowest BCUT2D eigenvalue weighted by atomic mass is 9.90. The summed E-state index contributed by atoms with van der Waals surface area (Å²) in [6, 6.07) is 22.4. The molecule has 1 atom stereocenters. The monoisotopic (exact) mass is 502 g/mol. The Labute approximate surface area is 219 Å². The summed E-state index contributed by atoms with van der Waals surface area (Å²) in [5.41, 5.74) is 3.35. The molecule has 0 unspecified atom stereocenters. The smallest absolute Gasteiger partial charge is 0.242 e. The summed E-state index contributed by atoms with van der Waals surface area (Å²) in [5.74, 6) is -0.104. The fourth-order valence-electron chi connectivity index (χ4n) is 5.24. The van der Waals surface area contributed by atoms with Crippen molar-refractivity contribution in [2.75, 3.05) is 6.54 Å². The average Bonchev–Trinajstić information content (AvgIpc) is 3.33. The molecule has 1 aromatic heterocycles. The third-order valence-corrected chi connectivity index (χ3v) is 8.39. The predicted octanol–water partition coefficient (Wildman–Crippen LogP) is 6.94. The molecule has 2 aromatic carbocycles. The highest BCUT2D eigenvalue weighted by molar-refractivity contribution is 7.10. The van der Waals surface area contributed by atoms with Crippen LogP contribution in [0.4, 0.5) is 0 Å². The van der Waals surface area contributed by atoms with Gasteiger partial charge >= 0.3 is 0 Å². The Kier molecular flexibility index (Phi) is 9.35. The first kappa shape index (κ1) is 26.2. The van der Waals surface area contributed by atoms with E-state index in [2.05, 4.69) is 37.4 Å². The molecule has 0 aliphatic heterocycles. The number of carbonyl (C=O) groups excluding carboxylic acids is 2. The van der Waals surface area contributed by atoms with Gasteiger partial charge in [-0.2, -0.15) is 0 Å². The molecule has 0 radical (unpaired) electrons. The van der Waals surface area contributed by atoms with Gasteiger partial charge in [0.1, 0.15) is 6.54 Å². The summed E-state index contributed by atoms with van der Waals surface area (Å²) in [4.78, 5) is 33.0. The lowest BCUT2D eigenvalue weighted by molar-refractivity contribution is -0.144. The van der Waals surface area contributed by atoms with Gasteiger partial charge in [0.05, 0.1) is 12.5 Å². The van der Waals surface area contributed by atoms with Crippen molar-refractivity contribution in [3.8, 4) is 0 Å². The standard InChI is InChI=1S/C31H38N2O2S/c1-3-28(26-15-9-5-10-16-26)31(35)33(27-17-11-6-12-18-27)23-30(34)32(21-25-13-7-4-8-14-25)22-29-24(2)19-20-36-29/h4-5,7-10,13-16,19-20,27-28H,3,6,11-12,17-18,21-23H2,1-2H3/t28-/m0/s1. The highest BCUT2D eigenvalue weighted by Gasteiger charge is 2.33. The van der Waals surface area contributed by atoms with Crippen LogP contribution in [0.1, 0.15) is 72.9 Å². The number of aryl methyl sites for hydroxylation is 1. The van der Waals surface area contributed by atoms with E-state index in [0.717, 1.165) is 43.2 Å². The van der Waals surface area contributed by atoms with Gasteiger partial charge in [0, 0.05) is 17.5 Å². The Balaban J connectivity index is 1.59. The highest BCUT2D eigenvalue weighted by atomic mass is 32.1. The Morgan fingerprint density at radius 3 is 2.19 bits per heavy atom. The molecule has 1 aliphatic carbocycles. The zero-order valence-corrected chi connectivity index (χ0v) is 22.4. The van der Waals surface area contributed by atoms with Crippen LogP contribution in [0.3, 0.4) is 0 Å². The number of hydrogen-bond donors (Lipinski definition) is 0. The van der Waals surface area contributed by atoms with E-state index in [4.69, 9.17) is 0 Å². The van der Waals surface area contributed by atoms with Crippen LogP contribution in [0.2, 0.25) is 0 Å². The number of hydrogen-bond acceptors (Lipinski definition) is 3. The Hall–Kier alpha value is -2.92. The second-order valence-electron chi connectivity index (χ2n) is 9.89. The molecule has 2 amide bonds. The molecule has 0 N–H and O–H groups in total. The Bertz CT molecular complexity index is 1110. The van der Waals surface area contributed by atoms with Crippen LogP contribution < -0.4 is 0 Å². The molecular formula is C31H38N2O2S. The van der Waals surface area contributed by atoms with Crippen molar-refractivity contribution in [3.05, 3.63) is 93.7 Å². The fraction of sp³-hybridized carbons (Fsp3) is 0.419. The summed E-state index contributed by atoms with van der Waals surface area (Å²) in [5, 5.41) is 2.08.